The van der Waals surface area contributed by atoms with Crippen LogP contribution in [0, 0.1) is 5.92 Å². The van der Waals surface area contributed by atoms with Gasteiger partial charge in [-0.15, -0.1) is 0 Å². The third-order valence-corrected chi connectivity index (χ3v) is 5.65. The van der Waals surface area contributed by atoms with Crippen LogP contribution >= 0.6 is 11.8 Å². The molecule has 0 aromatic heterocycles. The highest BCUT2D eigenvalue weighted by Crippen LogP contribution is 2.31. The molecule has 0 N–H and O–H groups in total. The highest BCUT2D eigenvalue weighted by atomic mass is 32.2. The average molecular weight is 332 g/mol. The van der Waals surface area contributed by atoms with E-state index in [1.807, 2.05) is 11.0 Å². The van der Waals surface area contributed by atoms with E-state index < -0.39 is 0 Å². The smallest absolute Gasteiger partial charge is 0.227 e. The Balaban J connectivity index is 1.70. The molecule has 5 heteroatoms. The van der Waals surface area contributed by atoms with Crippen LogP contribution in [0.2, 0.25) is 0 Å². The molecule has 2 saturated heterocycles. The Bertz CT molecular complexity index is 584. The van der Waals surface area contributed by atoms with E-state index in [0.717, 1.165) is 37.6 Å². The fraction of sp³-hybridized carbons (Fsp3) is 0.556. The third-order valence-electron chi connectivity index (χ3n) is 4.60. The lowest BCUT2D eigenvalue weighted by Crippen LogP contribution is -2.27. The molecule has 4 nitrogen and oxygen atoms in total. The summed E-state index contributed by atoms with van der Waals surface area (Å²) >= 11 is 1.33. The van der Waals surface area contributed by atoms with Gasteiger partial charge in [0.15, 0.2) is 5.12 Å². The van der Waals surface area contributed by atoms with E-state index in [2.05, 4.69) is 23.1 Å². The van der Waals surface area contributed by atoms with Gasteiger partial charge in [-0.25, -0.2) is 0 Å². The molecule has 2 heterocycles. The summed E-state index contributed by atoms with van der Waals surface area (Å²) in [7, 11) is 0. The molecule has 1 amide bonds. The van der Waals surface area contributed by atoms with Crippen molar-refractivity contribution in [2.24, 2.45) is 5.92 Å². The number of hydrogen-bond donors (Lipinski definition) is 0. The summed E-state index contributed by atoms with van der Waals surface area (Å²) in [6, 6.07) is 8.26. The Morgan fingerprint density at radius 2 is 2.00 bits per heavy atom. The fourth-order valence-electron chi connectivity index (χ4n) is 3.45. The number of hydrogen-bond acceptors (Lipinski definition) is 4. The summed E-state index contributed by atoms with van der Waals surface area (Å²) in [4.78, 5) is 28.0. The van der Waals surface area contributed by atoms with Gasteiger partial charge in [-0.3, -0.25) is 14.5 Å². The highest BCUT2D eigenvalue weighted by molar-refractivity contribution is 8.13. The number of nitrogens with zero attached hydrogens (tertiary/aromatic N) is 2. The SMILES string of the molecule is CC(=O)SCC1CC(=O)N(c2ccccc2CN2CCCC2)C1. The van der Waals surface area contributed by atoms with Gasteiger partial charge in [-0.05, 0) is 43.5 Å². The summed E-state index contributed by atoms with van der Waals surface area (Å²) in [6.07, 6.45) is 3.10. The van der Waals surface area contributed by atoms with Gasteiger partial charge in [0.2, 0.25) is 5.91 Å². The van der Waals surface area contributed by atoms with Crippen molar-refractivity contribution in [1.29, 1.82) is 0 Å². The zero-order valence-corrected chi connectivity index (χ0v) is 14.5. The third kappa shape index (κ3) is 4.15. The molecule has 124 valence electrons. The average Bonchev–Trinajstić information content (AvgIpc) is 3.15. The monoisotopic (exact) mass is 332 g/mol. The zero-order chi connectivity index (χ0) is 16.2. The normalized spacial score (nSPS) is 22.0. The Kier molecular flexibility index (Phi) is 5.38. The second kappa shape index (κ2) is 7.49. The molecule has 3 rings (SSSR count). The molecule has 2 fully saturated rings. The van der Waals surface area contributed by atoms with Crippen molar-refractivity contribution >= 4 is 28.5 Å². The second-order valence-corrected chi connectivity index (χ2v) is 7.69. The van der Waals surface area contributed by atoms with Gasteiger partial charge >= 0.3 is 0 Å². The summed E-state index contributed by atoms with van der Waals surface area (Å²) < 4.78 is 0. The molecule has 0 spiro atoms. The number of carbonyl (C=O) groups is 2. The van der Waals surface area contributed by atoms with Crippen LogP contribution in [0.5, 0.6) is 0 Å². The first kappa shape index (κ1) is 16.5. The van der Waals surface area contributed by atoms with Crippen LogP contribution in [0.4, 0.5) is 5.69 Å². The van der Waals surface area contributed by atoms with Gasteiger partial charge in [0.1, 0.15) is 0 Å². The molecular weight excluding hydrogens is 308 g/mol. The number of likely N-dealkylation sites (tertiary alicyclic amines) is 1. The van der Waals surface area contributed by atoms with E-state index in [0.29, 0.717) is 6.42 Å². The number of anilines is 1. The van der Waals surface area contributed by atoms with Crippen molar-refractivity contribution < 1.29 is 9.59 Å². The lowest BCUT2D eigenvalue weighted by molar-refractivity contribution is -0.117. The Labute approximate surface area is 142 Å². The minimum absolute atomic E-state index is 0.130. The lowest BCUT2D eigenvalue weighted by Gasteiger charge is -2.23. The van der Waals surface area contributed by atoms with Gasteiger partial charge in [-0.2, -0.15) is 0 Å². The largest absolute Gasteiger partial charge is 0.312 e. The summed E-state index contributed by atoms with van der Waals surface area (Å²) in [5.74, 6) is 1.20. The molecule has 0 aliphatic carbocycles. The standard InChI is InChI=1S/C18H24N2O2S/c1-14(21)23-13-15-10-18(22)20(11-15)17-7-3-2-6-16(17)12-19-8-4-5-9-19/h2-3,6-7,15H,4-5,8-13H2,1H3. The van der Waals surface area contributed by atoms with Gasteiger partial charge in [0, 0.05) is 37.9 Å². The van der Waals surface area contributed by atoms with Crippen LogP contribution in [0.3, 0.4) is 0 Å². The van der Waals surface area contributed by atoms with E-state index in [1.54, 1.807) is 6.92 Å². The first-order chi connectivity index (χ1) is 11.1. The fourth-order valence-corrected chi connectivity index (χ4v) is 4.14. The van der Waals surface area contributed by atoms with E-state index in [4.69, 9.17) is 0 Å². The van der Waals surface area contributed by atoms with Crippen molar-refractivity contribution in [2.45, 2.75) is 32.7 Å². The maximum Gasteiger partial charge on any atom is 0.227 e. The number of amides is 1. The number of carbonyl (C=O) groups excluding carboxylic acids is 2. The van der Waals surface area contributed by atoms with Gasteiger partial charge in [0.05, 0.1) is 0 Å². The molecule has 1 unspecified atom stereocenters. The quantitative estimate of drug-likeness (QED) is 0.831. The lowest BCUT2D eigenvalue weighted by atomic mass is 10.1. The number of para-hydroxylation sites is 1. The highest BCUT2D eigenvalue weighted by Gasteiger charge is 2.32. The molecule has 1 aromatic carbocycles. The van der Waals surface area contributed by atoms with Crippen molar-refractivity contribution in [3.8, 4) is 0 Å². The maximum atomic E-state index is 12.4. The van der Waals surface area contributed by atoms with Crippen LogP contribution in [0.1, 0.15) is 31.7 Å². The summed E-state index contributed by atoms with van der Waals surface area (Å²) in [6.45, 7) is 5.55. The Hall–Kier alpha value is -1.33. The van der Waals surface area contributed by atoms with E-state index in [-0.39, 0.29) is 16.9 Å². The predicted molar refractivity (Wildman–Crippen MR) is 94.6 cm³/mol. The topological polar surface area (TPSA) is 40.6 Å². The maximum absolute atomic E-state index is 12.4. The first-order valence-electron chi connectivity index (χ1n) is 8.37. The van der Waals surface area contributed by atoms with E-state index in [1.165, 1.54) is 30.2 Å². The van der Waals surface area contributed by atoms with Crippen molar-refractivity contribution in [1.82, 2.24) is 4.90 Å². The second-order valence-electron chi connectivity index (χ2n) is 6.49. The molecule has 0 radical (unpaired) electrons. The number of rotatable bonds is 5. The molecule has 1 atom stereocenters. The van der Waals surface area contributed by atoms with Crippen LogP contribution < -0.4 is 4.90 Å². The van der Waals surface area contributed by atoms with Crippen molar-refractivity contribution in [3.63, 3.8) is 0 Å². The Morgan fingerprint density at radius 3 is 2.74 bits per heavy atom. The van der Waals surface area contributed by atoms with Crippen molar-refractivity contribution in [3.05, 3.63) is 29.8 Å². The molecule has 0 bridgehead atoms. The van der Waals surface area contributed by atoms with Crippen LogP contribution in [-0.2, 0) is 16.1 Å². The van der Waals surface area contributed by atoms with E-state index in [9.17, 15) is 9.59 Å². The van der Waals surface area contributed by atoms with Crippen LogP contribution in [-0.4, -0.2) is 41.3 Å². The summed E-state index contributed by atoms with van der Waals surface area (Å²) in [5.41, 5.74) is 2.29. The molecule has 23 heavy (non-hydrogen) atoms. The molecular formula is C18H24N2O2S. The minimum Gasteiger partial charge on any atom is -0.312 e. The zero-order valence-electron chi connectivity index (χ0n) is 13.7. The molecule has 1 aromatic rings. The Morgan fingerprint density at radius 1 is 1.26 bits per heavy atom. The number of thioether (sulfide) groups is 1. The molecule has 2 aliphatic rings. The first-order valence-corrected chi connectivity index (χ1v) is 9.36. The van der Waals surface area contributed by atoms with Gasteiger partial charge in [0.25, 0.3) is 0 Å². The predicted octanol–water partition coefficient (Wildman–Crippen LogP) is 2.92. The number of benzene rings is 1. The summed E-state index contributed by atoms with van der Waals surface area (Å²) in [5, 5.41) is 0.130. The molecule has 0 saturated carbocycles. The van der Waals surface area contributed by atoms with Gasteiger partial charge in [-0.1, -0.05) is 30.0 Å². The van der Waals surface area contributed by atoms with Crippen molar-refractivity contribution in [2.75, 3.05) is 30.3 Å². The van der Waals surface area contributed by atoms with Gasteiger partial charge < -0.3 is 4.90 Å². The minimum atomic E-state index is 0.130. The van der Waals surface area contributed by atoms with Crippen LogP contribution in [0.25, 0.3) is 0 Å². The molecule has 2 aliphatic heterocycles. The van der Waals surface area contributed by atoms with Crippen LogP contribution in [0.15, 0.2) is 24.3 Å². The van der Waals surface area contributed by atoms with E-state index >= 15 is 0 Å².